The van der Waals surface area contributed by atoms with Crippen molar-refractivity contribution in [3.05, 3.63) is 0 Å². The van der Waals surface area contributed by atoms with E-state index in [-0.39, 0.29) is 6.61 Å². The molecule has 1 fully saturated rings. The van der Waals surface area contributed by atoms with Crippen LogP contribution in [0.2, 0.25) is 0 Å². The summed E-state index contributed by atoms with van der Waals surface area (Å²) in [4.78, 5) is 10.3. The van der Waals surface area contributed by atoms with Crippen molar-refractivity contribution < 1.29 is 31.3 Å². The maximum absolute atomic E-state index is 10.3. The summed E-state index contributed by atoms with van der Waals surface area (Å²) in [6.07, 6.45) is -5.20. The van der Waals surface area contributed by atoms with Crippen molar-refractivity contribution in [2.75, 3.05) is 6.61 Å². The fraction of sp³-hybridized carbons (Fsp3) is 0.833. The average molecular weight is 316 g/mol. The predicted octanol–water partition coefficient (Wildman–Crippen LogP) is -2.90. The van der Waals surface area contributed by atoms with Crippen molar-refractivity contribution in [1.29, 1.82) is 0 Å². The molecule has 4 atom stereocenters. The number of hydrogen-bond donors (Lipinski definition) is 4. The van der Waals surface area contributed by atoms with Crippen LogP contribution in [0.3, 0.4) is 0 Å². The second-order valence-corrected chi connectivity index (χ2v) is 4.37. The van der Waals surface area contributed by atoms with Gasteiger partial charge in [-0.2, -0.15) is 0 Å². The molecule has 0 aromatic heterocycles. The topological polar surface area (TPSA) is 116 Å². The molecule has 81 valence electrons. The number of carboxylic acid groups (broad SMARTS) is 1. The van der Waals surface area contributed by atoms with Gasteiger partial charge in [0, 0.05) is 0 Å². The van der Waals surface area contributed by atoms with Gasteiger partial charge < -0.3 is 0 Å². The van der Waals surface area contributed by atoms with E-state index in [2.05, 4.69) is 0 Å². The summed E-state index contributed by atoms with van der Waals surface area (Å²) in [6.45, 7) is -0.371. The summed E-state index contributed by atoms with van der Waals surface area (Å²) in [5, 5.41) is 35.6. The monoisotopic (exact) mass is 315 g/mol. The summed E-state index contributed by atoms with van der Waals surface area (Å²) < 4.78 is 9.96. The van der Waals surface area contributed by atoms with Crippen LogP contribution in [0.5, 0.6) is 0 Å². The summed E-state index contributed by atoms with van der Waals surface area (Å²) in [7, 11) is 0. The van der Waals surface area contributed by atoms with Crippen LogP contribution in [0.4, 0.5) is 0 Å². The van der Waals surface area contributed by atoms with Gasteiger partial charge in [-0.25, -0.2) is 0 Å². The van der Waals surface area contributed by atoms with Gasteiger partial charge in [-0.1, -0.05) is 0 Å². The van der Waals surface area contributed by atoms with Gasteiger partial charge in [0.2, 0.25) is 0 Å². The van der Waals surface area contributed by atoms with Gasteiger partial charge in [-0.05, 0) is 0 Å². The Labute approximate surface area is 90.9 Å². The van der Waals surface area contributed by atoms with Gasteiger partial charge in [-0.3, -0.25) is 0 Å². The Balaban J connectivity index is 2.58. The molecule has 1 rings (SSSR count). The number of hydrogen-bond acceptors (Lipinski definition) is 6. The Morgan fingerprint density at radius 2 is 2.07 bits per heavy atom. The molecule has 4 N–H and O–H groups in total. The molecule has 7 nitrogen and oxygen atoms in total. The molecular formula is C6H10O7Sb. The van der Waals surface area contributed by atoms with Crippen molar-refractivity contribution in [3.8, 4) is 0 Å². The molecule has 0 aromatic carbocycles. The number of aliphatic hydroxyl groups excluding tert-OH is 3. The van der Waals surface area contributed by atoms with Crippen LogP contribution in [0.1, 0.15) is 0 Å². The molecule has 0 amide bonds. The molecule has 0 aliphatic carbocycles. The third kappa shape index (κ3) is 2.56. The average Bonchev–Trinajstić information content (AvgIpc) is 2.62. The van der Waals surface area contributed by atoms with Crippen molar-refractivity contribution in [3.63, 3.8) is 0 Å². The molecule has 8 heteroatoms. The Morgan fingerprint density at radius 1 is 1.43 bits per heavy atom. The number of aliphatic carboxylic acids is 1. The number of carboxylic acids is 1. The van der Waals surface area contributed by atoms with Gasteiger partial charge in [0.25, 0.3) is 0 Å². The normalized spacial score (nSPS) is 31.4. The Bertz CT molecular complexity index is 210. The van der Waals surface area contributed by atoms with Crippen molar-refractivity contribution in [2.24, 2.45) is 0 Å². The van der Waals surface area contributed by atoms with E-state index in [0.29, 0.717) is 0 Å². The first-order valence-electron chi connectivity index (χ1n) is 3.79. The fourth-order valence-corrected chi connectivity index (χ4v) is 3.02. The molecule has 0 spiro atoms. The van der Waals surface area contributed by atoms with Crippen LogP contribution in [0, 0.1) is 0 Å². The Kier molecular flexibility index (Phi) is 4.56. The maximum atomic E-state index is 10.3. The van der Waals surface area contributed by atoms with E-state index >= 15 is 0 Å². The molecule has 0 aromatic rings. The van der Waals surface area contributed by atoms with E-state index in [9.17, 15) is 9.90 Å². The minimum atomic E-state index is -1.92. The first-order valence-corrected chi connectivity index (χ1v) is 5.88. The van der Waals surface area contributed by atoms with Crippen molar-refractivity contribution in [1.82, 2.24) is 0 Å². The van der Waals surface area contributed by atoms with Gasteiger partial charge in [0.05, 0.1) is 0 Å². The molecule has 1 aliphatic rings. The molecular weight excluding hydrogens is 306 g/mol. The van der Waals surface area contributed by atoms with Crippen molar-refractivity contribution >= 4 is 28.4 Å². The number of rotatable bonds is 4. The first kappa shape index (κ1) is 12.2. The van der Waals surface area contributed by atoms with E-state index in [4.69, 9.17) is 21.4 Å². The minimum absolute atomic E-state index is 0.371. The van der Waals surface area contributed by atoms with Gasteiger partial charge >= 0.3 is 90.7 Å². The molecule has 1 radical (unpaired) electrons. The summed E-state index contributed by atoms with van der Waals surface area (Å²) in [6, 6.07) is 0. The van der Waals surface area contributed by atoms with Crippen LogP contribution in [0.25, 0.3) is 0 Å². The fourth-order valence-electron chi connectivity index (χ4n) is 1.00. The van der Waals surface area contributed by atoms with Gasteiger partial charge in [0.1, 0.15) is 0 Å². The van der Waals surface area contributed by atoms with Crippen LogP contribution in [-0.2, 0) is 10.8 Å². The van der Waals surface area contributed by atoms with Crippen molar-refractivity contribution in [2.45, 2.75) is 24.4 Å². The molecule has 0 unspecified atom stereocenters. The molecule has 1 heterocycles. The SMILES string of the molecule is O=C(O)[C@@H](O)[C@@H](O)[C@@H]1[O][Sb][O][C@@H]1CO. The van der Waals surface area contributed by atoms with Crippen LogP contribution in [0.15, 0.2) is 0 Å². The molecule has 0 bridgehead atoms. The zero-order valence-electron chi connectivity index (χ0n) is 6.98. The van der Waals surface area contributed by atoms with E-state index in [1.807, 2.05) is 0 Å². The quantitative estimate of drug-likeness (QED) is 0.411. The second-order valence-electron chi connectivity index (χ2n) is 2.74. The molecule has 0 saturated carbocycles. The number of aliphatic hydroxyl groups is 3. The molecule has 1 saturated heterocycles. The van der Waals surface area contributed by atoms with E-state index in [1.165, 1.54) is 0 Å². The number of carbonyl (C=O) groups is 1. The zero-order chi connectivity index (χ0) is 10.7. The van der Waals surface area contributed by atoms with E-state index in [0.717, 1.165) is 0 Å². The molecule has 14 heavy (non-hydrogen) atoms. The zero-order valence-corrected chi connectivity index (χ0v) is 9.53. The van der Waals surface area contributed by atoms with Crippen LogP contribution >= 0.6 is 0 Å². The molecule has 1 aliphatic heterocycles. The predicted molar refractivity (Wildman–Crippen MR) is 42.2 cm³/mol. The third-order valence-corrected chi connectivity index (χ3v) is 3.76. The Morgan fingerprint density at radius 3 is 2.57 bits per heavy atom. The Hall–Kier alpha value is 0.0882. The van der Waals surface area contributed by atoms with Crippen LogP contribution < -0.4 is 0 Å². The summed E-state index contributed by atoms with van der Waals surface area (Å²) in [5.74, 6) is -1.53. The second kappa shape index (κ2) is 5.25. The third-order valence-electron chi connectivity index (χ3n) is 1.80. The first-order chi connectivity index (χ1) is 6.57. The summed E-state index contributed by atoms with van der Waals surface area (Å²) in [5.41, 5.74) is 0. The van der Waals surface area contributed by atoms with E-state index in [1.54, 1.807) is 0 Å². The van der Waals surface area contributed by atoms with Gasteiger partial charge in [-0.15, -0.1) is 0 Å². The standard InChI is InChI=1S/C6H10O7.Sb/c7-1-2(8)3(9)4(10)5(11)6(12)13;/h2-5,7,10-11H,1H2,(H,12,13);/q-2;+2/t2-,3-,4+,5+;/m1./s1. The summed E-state index contributed by atoms with van der Waals surface area (Å²) >= 11 is -1.38. The van der Waals surface area contributed by atoms with Crippen LogP contribution in [-0.4, -0.2) is 79.9 Å². The van der Waals surface area contributed by atoms with E-state index < -0.39 is 52.8 Å². The van der Waals surface area contributed by atoms with Gasteiger partial charge in [0.15, 0.2) is 0 Å².